The van der Waals surface area contributed by atoms with Crippen molar-refractivity contribution in [3.8, 4) is 5.75 Å². The van der Waals surface area contributed by atoms with Gasteiger partial charge in [-0.2, -0.15) is 0 Å². The molecule has 0 atom stereocenters. The number of ketones is 1. The Balaban J connectivity index is 3.62. The molecule has 0 saturated carbocycles. The van der Waals surface area contributed by atoms with Crippen LogP contribution in [0.5, 0.6) is 5.75 Å². The zero-order valence-electron chi connectivity index (χ0n) is 8.46. The van der Waals surface area contributed by atoms with Gasteiger partial charge < -0.3 is 4.74 Å². The van der Waals surface area contributed by atoms with Gasteiger partial charge in [-0.15, -0.1) is 0 Å². The number of carbonyl (C=O) groups is 1. The third-order valence-electron chi connectivity index (χ3n) is 1.92. The van der Waals surface area contributed by atoms with E-state index in [4.69, 9.17) is 4.74 Å². The van der Waals surface area contributed by atoms with E-state index in [0.29, 0.717) is 5.56 Å². The second-order valence-electron chi connectivity index (χ2n) is 3.09. The standard InChI is InChI=1S/C11H12O3/c1-7-4-5-10(13)11(14-3)9(6-7)8(2)12/h4-6H,1-3H3. The minimum atomic E-state index is -0.272. The van der Waals surface area contributed by atoms with Crippen molar-refractivity contribution in [1.29, 1.82) is 0 Å². The van der Waals surface area contributed by atoms with Gasteiger partial charge in [0.25, 0.3) is 0 Å². The molecular weight excluding hydrogens is 180 g/mol. The van der Waals surface area contributed by atoms with Gasteiger partial charge in [0.05, 0.1) is 12.7 Å². The first-order valence-electron chi connectivity index (χ1n) is 4.26. The average Bonchev–Trinajstić information content (AvgIpc) is 2.26. The van der Waals surface area contributed by atoms with Crippen molar-refractivity contribution in [2.45, 2.75) is 13.8 Å². The predicted octanol–water partition coefficient (Wildman–Crippen LogP) is 1.57. The van der Waals surface area contributed by atoms with E-state index in [2.05, 4.69) is 0 Å². The molecule has 1 aromatic rings. The Morgan fingerprint density at radius 1 is 1.36 bits per heavy atom. The quantitative estimate of drug-likeness (QED) is 0.668. The molecule has 0 heterocycles. The summed E-state index contributed by atoms with van der Waals surface area (Å²) in [7, 11) is 1.39. The minimum absolute atomic E-state index is 0.116. The molecule has 0 aromatic heterocycles. The molecule has 0 N–H and O–H groups in total. The van der Waals surface area contributed by atoms with Crippen LogP contribution in [-0.2, 0) is 0 Å². The zero-order valence-corrected chi connectivity index (χ0v) is 8.46. The molecule has 0 unspecified atom stereocenters. The Bertz CT molecular complexity index is 421. The molecule has 0 spiro atoms. The topological polar surface area (TPSA) is 43.4 Å². The van der Waals surface area contributed by atoms with Crippen LogP contribution < -0.4 is 10.2 Å². The number of aryl methyl sites for hydroxylation is 1. The largest absolute Gasteiger partial charge is 0.492 e. The maximum Gasteiger partial charge on any atom is 0.221 e. The number of ether oxygens (including phenoxy) is 1. The SMILES string of the molecule is COc1c(C(C)=O)cc(C)ccc1=O. The lowest BCUT2D eigenvalue weighted by Crippen LogP contribution is -2.06. The highest BCUT2D eigenvalue weighted by Crippen LogP contribution is 2.13. The van der Waals surface area contributed by atoms with E-state index in [1.54, 1.807) is 12.1 Å². The van der Waals surface area contributed by atoms with Crippen LogP contribution in [0.15, 0.2) is 23.0 Å². The second-order valence-corrected chi connectivity index (χ2v) is 3.09. The molecule has 1 rings (SSSR count). The van der Waals surface area contributed by atoms with E-state index in [-0.39, 0.29) is 17.0 Å². The highest BCUT2D eigenvalue weighted by molar-refractivity contribution is 5.96. The van der Waals surface area contributed by atoms with Crippen LogP contribution in [0, 0.1) is 6.92 Å². The summed E-state index contributed by atoms with van der Waals surface area (Å²) in [5.41, 5.74) is 0.918. The summed E-state index contributed by atoms with van der Waals surface area (Å²) in [6.45, 7) is 3.24. The van der Waals surface area contributed by atoms with Gasteiger partial charge in [-0.3, -0.25) is 9.59 Å². The molecule has 0 saturated heterocycles. The first-order valence-corrected chi connectivity index (χ1v) is 4.26. The first kappa shape index (κ1) is 10.4. The maximum absolute atomic E-state index is 11.5. The van der Waals surface area contributed by atoms with E-state index in [0.717, 1.165) is 5.56 Å². The Hall–Kier alpha value is -1.64. The van der Waals surface area contributed by atoms with Crippen LogP contribution in [0.25, 0.3) is 0 Å². The summed E-state index contributed by atoms with van der Waals surface area (Å²) in [6, 6.07) is 4.72. The van der Waals surface area contributed by atoms with Crippen molar-refractivity contribution in [3.63, 3.8) is 0 Å². The minimum Gasteiger partial charge on any atom is -0.492 e. The lowest BCUT2D eigenvalue weighted by atomic mass is 10.1. The zero-order chi connectivity index (χ0) is 10.7. The molecule has 1 aromatic carbocycles. The Morgan fingerprint density at radius 2 is 2.00 bits per heavy atom. The first-order chi connectivity index (χ1) is 6.56. The molecule has 74 valence electrons. The normalized spacial score (nSPS) is 9.64. The van der Waals surface area contributed by atoms with Gasteiger partial charge in [-0.1, -0.05) is 11.6 Å². The third-order valence-corrected chi connectivity index (χ3v) is 1.92. The molecule has 0 bridgehead atoms. The van der Waals surface area contributed by atoms with Crippen LogP contribution in [0.2, 0.25) is 0 Å². The molecule has 3 nitrogen and oxygen atoms in total. The summed E-state index contributed by atoms with van der Waals surface area (Å²) in [6.07, 6.45) is 0. The third kappa shape index (κ3) is 1.99. The molecule has 0 radical (unpaired) electrons. The molecule has 3 heteroatoms. The van der Waals surface area contributed by atoms with Crippen LogP contribution in [0.1, 0.15) is 22.8 Å². The number of Topliss-reactive ketones (excluding diaryl/α,β-unsaturated/α-hetero) is 1. The summed E-state index contributed by atoms with van der Waals surface area (Å²) in [5, 5.41) is 0. The average molecular weight is 192 g/mol. The molecule has 0 amide bonds. The van der Waals surface area contributed by atoms with E-state index in [1.807, 2.05) is 6.92 Å². The van der Waals surface area contributed by atoms with E-state index in [9.17, 15) is 9.59 Å². The second kappa shape index (κ2) is 4.05. The number of methoxy groups -OCH3 is 1. The van der Waals surface area contributed by atoms with Gasteiger partial charge >= 0.3 is 0 Å². The van der Waals surface area contributed by atoms with Crippen molar-refractivity contribution in [1.82, 2.24) is 0 Å². The Kier molecular flexibility index (Phi) is 3.02. The summed E-state index contributed by atoms with van der Waals surface area (Å²) in [4.78, 5) is 22.7. The maximum atomic E-state index is 11.5. The van der Waals surface area contributed by atoms with Crippen molar-refractivity contribution < 1.29 is 9.53 Å². The predicted molar refractivity (Wildman–Crippen MR) is 54.0 cm³/mol. The summed E-state index contributed by atoms with van der Waals surface area (Å²) in [5.74, 6) is -0.0520. The molecule has 0 fully saturated rings. The molecule has 0 aliphatic rings. The summed E-state index contributed by atoms with van der Waals surface area (Å²) >= 11 is 0. The van der Waals surface area contributed by atoms with Gasteiger partial charge in [-0.05, 0) is 26.0 Å². The molecular formula is C11H12O3. The molecule has 0 aliphatic heterocycles. The van der Waals surface area contributed by atoms with E-state index in [1.165, 1.54) is 20.1 Å². The Labute approximate surface area is 82.3 Å². The van der Waals surface area contributed by atoms with Crippen molar-refractivity contribution >= 4 is 5.78 Å². The monoisotopic (exact) mass is 192 g/mol. The van der Waals surface area contributed by atoms with Crippen LogP contribution in [-0.4, -0.2) is 12.9 Å². The van der Waals surface area contributed by atoms with Gasteiger partial charge in [0.1, 0.15) is 0 Å². The van der Waals surface area contributed by atoms with Gasteiger partial charge in [0, 0.05) is 0 Å². The highest BCUT2D eigenvalue weighted by Gasteiger charge is 2.09. The number of rotatable bonds is 2. The molecule has 0 aliphatic carbocycles. The van der Waals surface area contributed by atoms with Crippen LogP contribution in [0.3, 0.4) is 0 Å². The lowest BCUT2D eigenvalue weighted by molar-refractivity contribution is 0.101. The Morgan fingerprint density at radius 3 is 2.50 bits per heavy atom. The van der Waals surface area contributed by atoms with Crippen molar-refractivity contribution in [3.05, 3.63) is 39.5 Å². The fourth-order valence-corrected chi connectivity index (χ4v) is 1.23. The van der Waals surface area contributed by atoms with Crippen LogP contribution >= 0.6 is 0 Å². The fraction of sp³-hybridized carbons (Fsp3) is 0.273. The fourth-order valence-electron chi connectivity index (χ4n) is 1.23. The van der Waals surface area contributed by atoms with Crippen molar-refractivity contribution in [2.24, 2.45) is 0 Å². The van der Waals surface area contributed by atoms with Gasteiger partial charge in [0.2, 0.25) is 5.43 Å². The number of hydrogen-bond donors (Lipinski definition) is 0. The van der Waals surface area contributed by atoms with Gasteiger partial charge in [0.15, 0.2) is 11.5 Å². The lowest BCUT2D eigenvalue weighted by Gasteiger charge is -1.99. The smallest absolute Gasteiger partial charge is 0.221 e. The molecule has 14 heavy (non-hydrogen) atoms. The van der Waals surface area contributed by atoms with Crippen LogP contribution in [0.4, 0.5) is 0 Å². The summed E-state index contributed by atoms with van der Waals surface area (Å²) < 4.78 is 4.92. The van der Waals surface area contributed by atoms with Gasteiger partial charge in [-0.25, -0.2) is 0 Å². The number of hydrogen-bond acceptors (Lipinski definition) is 3. The highest BCUT2D eigenvalue weighted by atomic mass is 16.5. The van der Waals surface area contributed by atoms with Crippen molar-refractivity contribution in [2.75, 3.05) is 7.11 Å². The van der Waals surface area contributed by atoms with E-state index >= 15 is 0 Å². The number of carbonyl (C=O) groups excluding carboxylic acids is 1. The van der Waals surface area contributed by atoms with E-state index < -0.39 is 0 Å².